The fourth-order valence-corrected chi connectivity index (χ4v) is 3.10. The fraction of sp³-hybridized carbons (Fsp3) is 0.292. The van der Waals surface area contributed by atoms with E-state index in [9.17, 15) is 0 Å². The van der Waals surface area contributed by atoms with Gasteiger partial charge in [-0.1, -0.05) is 36.4 Å². The summed E-state index contributed by atoms with van der Waals surface area (Å²) in [5.41, 5.74) is 2.68. The zero-order valence-electron chi connectivity index (χ0n) is 16.0. The van der Waals surface area contributed by atoms with Crippen LogP contribution in [0.15, 0.2) is 78.9 Å². The summed E-state index contributed by atoms with van der Waals surface area (Å²) in [5.74, 6) is 1.88. The molecule has 0 fully saturated rings. The van der Waals surface area contributed by atoms with Crippen molar-refractivity contribution in [2.24, 2.45) is 7.05 Å². The molecule has 0 aliphatic rings. The van der Waals surface area contributed by atoms with Crippen molar-refractivity contribution < 1.29 is 14.0 Å². The normalized spacial score (nSPS) is 10.6. The average Bonchev–Trinajstić information content (AvgIpc) is 2.72. The van der Waals surface area contributed by atoms with E-state index >= 15 is 0 Å². The van der Waals surface area contributed by atoms with Crippen molar-refractivity contribution in [3.05, 3.63) is 90.3 Å². The van der Waals surface area contributed by atoms with E-state index < -0.39 is 0 Å². The molecule has 2 aromatic carbocycles. The van der Waals surface area contributed by atoms with Crippen LogP contribution >= 0.6 is 0 Å². The molecule has 1 aromatic heterocycles. The van der Waals surface area contributed by atoms with Gasteiger partial charge in [-0.25, -0.2) is 4.57 Å². The molecule has 0 N–H and O–H groups in total. The molecular formula is C24H28NO2+. The first-order chi connectivity index (χ1) is 13.3. The third-order valence-corrected chi connectivity index (χ3v) is 4.62. The lowest BCUT2D eigenvalue weighted by atomic mass is 10.1. The lowest BCUT2D eigenvalue weighted by Gasteiger charge is -2.08. The summed E-state index contributed by atoms with van der Waals surface area (Å²) < 4.78 is 13.9. The first kappa shape index (κ1) is 19.0. The highest BCUT2D eigenvalue weighted by atomic mass is 16.5. The summed E-state index contributed by atoms with van der Waals surface area (Å²) in [6, 6.07) is 26.6. The van der Waals surface area contributed by atoms with E-state index in [0.717, 1.165) is 50.4 Å². The van der Waals surface area contributed by atoms with Gasteiger partial charge in [0.15, 0.2) is 11.4 Å². The van der Waals surface area contributed by atoms with Gasteiger partial charge in [-0.05, 0) is 43.2 Å². The Balaban J connectivity index is 1.42. The highest BCUT2D eigenvalue weighted by Crippen LogP contribution is 2.11. The van der Waals surface area contributed by atoms with Crippen molar-refractivity contribution >= 4 is 0 Å². The van der Waals surface area contributed by atoms with Gasteiger partial charge in [-0.15, -0.1) is 0 Å². The quantitative estimate of drug-likeness (QED) is 0.390. The number of ether oxygens (including phenoxy) is 2. The van der Waals surface area contributed by atoms with Crippen LogP contribution in [0.25, 0.3) is 0 Å². The summed E-state index contributed by atoms with van der Waals surface area (Å²) in [4.78, 5) is 0. The van der Waals surface area contributed by atoms with Gasteiger partial charge >= 0.3 is 0 Å². The summed E-state index contributed by atoms with van der Waals surface area (Å²) in [7, 11) is 2.15. The molecule has 0 amide bonds. The van der Waals surface area contributed by atoms with E-state index in [4.69, 9.17) is 9.47 Å². The summed E-state index contributed by atoms with van der Waals surface area (Å²) in [5, 5.41) is 0. The van der Waals surface area contributed by atoms with Crippen molar-refractivity contribution in [3.63, 3.8) is 0 Å². The molecule has 3 rings (SSSR count). The number of para-hydroxylation sites is 2. The molecule has 0 spiro atoms. The highest BCUT2D eigenvalue weighted by molar-refractivity contribution is 5.21. The van der Waals surface area contributed by atoms with E-state index in [2.05, 4.69) is 29.8 Å². The van der Waals surface area contributed by atoms with E-state index in [-0.39, 0.29) is 0 Å². The van der Waals surface area contributed by atoms with Crippen molar-refractivity contribution in [1.82, 2.24) is 0 Å². The van der Waals surface area contributed by atoms with Crippen LogP contribution < -0.4 is 14.0 Å². The highest BCUT2D eigenvalue weighted by Gasteiger charge is 2.12. The largest absolute Gasteiger partial charge is 0.494 e. The predicted octanol–water partition coefficient (Wildman–Crippen LogP) is 4.53. The minimum absolute atomic E-state index is 0.735. The molecule has 140 valence electrons. The van der Waals surface area contributed by atoms with E-state index in [1.165, 1.54) is 11.4 Å². The van der Waals surface area contributed by atoms with Crippen LogP contribution in [0, 0.1) is 0 Å². The molecule has 0 atom stereocenters. The number of hydrogen-bond acceptors (Lipinski definition) is 2. The van der Waals surface area contributed by atoms with Gasteiger partial charge in [-0.3, -0.25) is 0 Å². The Morgan fingerprint density at radius 3 is 1.48 bits per heavy atom. The van der Waals surface area contributed by atoms with Crippen LogP contribution in [-0.4, -0.2) is 13.2 Å². The average molecular weight is 362 g/mol. The molecule has 3 aromatic rings. The minimum Gasteiger partial charge on any atom is -0.494 e. The first-order valence-corrected chi connectivity index (χ1v) is 9.65. The monoisotopic (exact) mass is 362 g/mol. The number of benzene rings is 2. The Hall–Kier alpha value is -2.81. The number of hydrogen-bond donors (Lipinski definition) is 0. The molecule has 0 saturated carbocycles. The van der Waals surface area contributed by atoms with Crippen molar-refractivity contribution in [3.8, 4) is 11.5 Å². The Bertz CT molecular complexity index is 737. The summed E-state index contributed by atoms with van der Waals surface area (Å²) in [6.07, 6.45) is 4.03. The van der Waals surface area contributed by atoms with Crippen LogP contribution in [0.1, 0.15) is 24.2 Å². The number of aromatic nitrogens is 1. The number of aryl methyl sites for hydroxylation is 2. The van der Waals surface area contributed by atoms with Crippen LogP contribution in [-0.2, 0) is 19.9 Å². The molecule has 1 heterocycles. The minimum atomic E-state index is 0.735. The van der Waals surface area contributed by atoms with Gasteiger partial charge < -0.3 is 9.47 Å². The standard InChI is InChI=1S/C24H28NO2/c1-25-21(13-9-19-26-23-15-4-2-5-16-23)11-8-12-22(25)14-10-20-27-24-17-6-3-7-18-24/h2-8,11-12,15-18H,9-10,13-14,19-20H2,1H3/q+1. The maximum absolute atomic E-state index is 5.79. The molecule has 27 heavy (non-hydrogen) atoms. The van der Waals surface area contributed by atoms with E-state index in [0.29, 0.717) is 0 Å². The Labute approximate surface area is 162 Å². The second kappa shape index (κ2) is 10.4. The molecule has 0 aliphatic carbocycles. The smallest absolute Gasteiger partial charge is 0.181 e. The Morgan fingerprint density at radius 1 is 0.593 bits per heavy atom. The Kier molecular flexibility index (Phi) is 7.28. The number of rotatable bonds is 10. The van der Waals surface area contributed by atoms with Crippen molar-refractivity contribution in [1.29, 1.82) is 0 Å². The van der Waals surface area contributed by atoms with Crippen LogP contribution in [0.4, 0.5) is 0 Å². The molecule has 0 aliphatic heterocycles. The lowest BCUT2D eigenvalue weighted by Crippen LogP contribution is -2.38. The maximum atomic E-state index is 5.79. The maximum Gasteiger partial charge on any atom is 0.181 e. The van der Waals surface area contributed by atoms with Gasteiger partial charge in [0.25, 0.3) is 0 Å². The van der Waals surface area contributed by atoms with Crippen LogP contribution in [0.5, 0.6) is 11.5 Å². The zero-order valence-corrected chi connectivity index (χ0v) is 16.0. The summed E-state index contributed by atoms with van der Waals surface area (Å²) in [6.45, 7) is 1.47. The first-order valence-electron chi connectivity index (χ1n) is 9.65. The second-order valence-corrected chi connectivity index (χ2v) is 6.60. The lowest BCUT2D eigenvalue weighted by molar-refractivity contribution is -0.686. The van der Waals surface area contributed by atoms with Gasteiger partial charge in [0, 0.05) is 25.0 Å². The molecule has 0 radical (unpaired) electrons. The molecule has 0 bridgehead atoms. The third kappa shape index (κ3) is 6.14. The third-order valence-electron chi connectivity index (χ3n) is 4.62. The second-order valence-electron chi connectivity index (χ2n) is 6.60. The number of nitrogens with zero attached hydrogens (tertiary/aromatic N) is 1. The van der Waals surface area contributed by atoms with E-state index in [1.807, 2.05) is 60.7 Å². The van der Waals surface area contributed by atoms with Crippen LogP contribution in [0.3, 0.4) is 0 Å². The molecule has 0 unspecified atom stereocenters. The van der Waals surface area contributed by atoms with E-state index in [1.54, 1.807) is 0 Å². The topological polar surface area (TPSA) is 22.3 Å². The van der Waals surface area contributed by atoms with Crippen molar-refractivity contribution in [2.75, 3.05) is 13.2 Å². The number of pyridine rings is 1. The molecule has 3 heteroatoms. The molecular weight excluding hydrogens is 334 g/mol. The van der Waals surface area contributed by atoms with Gasteiger partial charge in [0.2, 0.25) is 0 Å². The van der Waals surface area contributed by atoms with Gasteiger partial charge in [-0.2, -0.15) is 0 Å². The molecule has 0 saturated heterocycles. The fourth-order valence-electron chi connectivity index (χ4n) is 3.10. The SMILES string of the molecule is C[n+]1c(CCCOc2ccccc2)cccc1CCCOc1ccccc1. The molecule has 3 nitrogen and oxygen atoms in total. The van der Waals surface area contributed by atoms with Crippen molar-refractivity contribution in [2.45, 2.75) is 25.7 Å². The zero-order chi connectivity index (χ0) is 18.7. The van der Waals surface area contributed by atoms with Crippen LogP contribution in [0.2, 0.25) is 0 Å². The van der Waals surface area contributed by atoms with Gasteiger partial charge in [0.1, 0.15) is 18.5 Å². The van der Waals surface area contributed by atoms with Gasteiger partial charge in [0.05, 0.1) is 13.2 Å². The predicted molar refractivity (Wildman–Crippen MR) is 108 cm³/mol. The Morgan fingerprint density at radius 2 is 1.04 bits per heavy atom. The summed E-state index contributed by atoms with van der Waals surface area (Å²) >= 11 is 0.